The van der Waals surface area contributed by atoms with Crippen molar-refractivity contribution in [3.63, 3.8) is 0 Å². The number of rotatable bonds is 65. The van der Waals surface area contributed by atoms with Crippen molar-refractivity contribution in [1.29, 1.82) is 0 Å². The topological polar surface area (TPSA) is 86.2 Å². The lowest BCUT2D eigenvalue weighted by molar-refractivity contribution is -0.153. The van der Waals surface area contributed by atoms with Crippen LogP contribution >= 0.6 is 0 Å². The summed E-state index contributed by atoms with van der Waals surface area (Å²) in [5, 5.41) is 0. The Bertz CT molecular complexity index is 1090. The van der Waals surface area contributed by atoms with Gasteiger partial charge in [-0.1, -0.05) is 400 Å². The van der Waals surface area contributed by atoms with Gasteiger partial charge in [0.1, 0.15) is 0 Å². The fourth-order valence-corrected chi connectivity index (χ4v) is 13.0. The number of hydrogen-bond donors (Lipinski definition) is 2. The van der Waals surface area contributed by atoms with E-state index in [1.165, 1.54) is 321 Å². The fourth-order valence-electron chi connectivity index (χ4n) is 13.0. The molecule has 0 aromatic carbocycles. The van der Waals surface area contributed by atoms with E-state index in [-0.39, 0.29) is 11.8 Å². The van der Waals surface area contributed by atoms with Crippen molar-refractivity contribution in [2.24, 2.45) is 22.3 Å². The van der Waals surface area contributed by atoms with Gasteiger partial charge in [0.2, 0.25) is 11.8 Å². The molecule has 0 aromatic heterocycles. The molecule has 0 aromatic rings. The summed E-state index contributed by atoms with van der Waals surface area (Å²) in [6, 6.07) is 0. The molecular weight excluding hydrogens is 901 g/mol. The molecule has 0 saturated carbocycles. The molecule has 4 heteroatoms. The molecule has 0 rings (SSSR count). The Labute approximate surface area is 467 Å². The minimum atomic E-state index is -0.848. The maximum absolute atomic E-state index is 14.4. The van der Waals surface area contributed by atoms with Crippen LogP contribution in [-0.4, -0.2) is 11.8 Å². The molecule has 0 radical (unpaired) electrons. The summed E-state index contributed by atoms with van der Waals surface area (Å²) in [6.45, 7) is 9.20. The van der Waals surface area contributed by atoms with Crippen LogP contribution in [0.5, 0.6) is 0 Å². The van der Waals surface area contributed by atoms with Crippen molar-refractivity contribution in [2.75, 3.05) is 0 Å². The highest BCUT2D eigenvalue weighted by Gasteiger charge is 2.57. The molecule has 2 amide bonds. The molecule has 4 N–H and O–H groups in total. The zero-order valence-corrected chi connectivity index (χ0v) is 51.8. The lowest BCUT2D eigenvalue weighted by atomic mass is 9.54. The summed E-state index contributed by atoms with van der Waals surface area (Å²) in [7, 11) is 0. The van der Waals surface area contributed by atoms with Crippen LogP contribution in [0.3, 0.4) is 0 Å². The second kappa shape index (κ2) is 58.1. The summed E-state index contributed by atoms with van der Waals surface area (Å²) in [6.07, 6.45) is 79.4. The number of unbranched alkanes of at least 4 members (excludes halogenated alkanes) is 54. The van der Waals surface area contributed by atoms with Crippen LogP contribution in [0.25, 0.3) is 0 Å². The molecule has 1 atom stereocenters. The fraction of sp³-hybridized carbons (Fsp3) is 0.971. The molecule has 0 bridgehead atoms. The number of carbonyl (C=O) groups is 2. The molecular formula is C70H140N2O2. The molecule has 0 spiro atoms. The second-order valence-electron chi connectivity index (χ2n) is 25.0. The van der Waals surface area contributed by atoms with Crippen molar-refractivity contribution in [3.05, 3.63) is 0 Å². The van der Waals surface area contributed by atoms with Crippen LogP contribution in [0, 0.1) is 10.8 Å². The van der Waals surface area contributed by atoms with E-state index in [1.54, 1.807) is 0 Å². The third-order valence-corrected chi connectivity index (χ3v) is 18.2. The highest BCUT2D eigenvalue weighted by molar-refractivity contribution is 5.92. The standard InChI is InChI=1S/C70H140N2O2/c1-5-9-13-17-21-25-29-33-36-38-41-45-49-53-57-61-65-70(68(72)74,66-62-58-54-50-46-42-39-37-34-30-26-22-18-14-10-6-2)69(67(71)73,63-59-55-51-47-43-32-28-24-20-16-12-8-4)64-60-56-52-48-44-40-35-31-27-23-19-15-11-7-3/h5-66H2,1-4H3,(H2,71,73)(H2,72,74). The molecule has 4 nitrogen and oxygen atoms in total. The van der Waals surface area contributed by atoms with Gasteiger partial charge in [-0.05, 0) is 25.7 Å². The predicted molar refractivity (Wildman–Crippen MR) is 332 cm³/mol. The van der Waals surface area contributed by atoms with Crippen LogP contribution < -0.4 is 11.5 Å². The third kappa shape index (κ3) is 42.9. The number of carbonyl (C=O) groups excluding carboxylic acids is 2. The number of primary amides is 2. The van der Waals surface area contributed by atoms with E-state index in [0.717, 1.165) is 77.0 Å². The van der Waals surface area contributed by atoms with Crippen molar-refractivity contribution < 1.29 is 9.59 Å². The average molecular weight is 1040 g/mol. The van der Waals surface area contributed by atoms with Gasteiger partial charge in [0, 0.05) is 0 Å². The molecule has 74 heavy (non-hydrogen) atoms. The van der Waals surface area contributed by atoms with Crippen molar-refractivity contribution >= 4 is 11.8 Å². The third-order valence-electron chi connectivity index (χ3n) is 18.2. The normalized spacial score (nSPS) is 12.8. The molecule has 0 aliphatic rings. The average Bonchev–Trinajstić information content (AvgIpc) is 3.39. The zero-order chi connectivity index (χ0) is 54.0. The minimum absolute atomic E-state index is 0.220. The highest BCUT2D eigenvalue weighted by Crippen LogP contribution is 2.54. The Morgan fingerprint density at radius 2 is 0.284 bits per heavy atom. The lowest BCUT2D eigenvalue weighted by Crippen LogP contribution is -2.57. The Morgan fingerprint density at radius 1 is 0.189 bits per heavy atom. The van der Waals surface area contributed by atoms with Gasteiger partial charge >= 0.3 is 0 Å². The van der Waals surface area contributed by atoms with Gasteiger partial charge in [-0.2, -0.15) is 0 Å². The Balaban J connectivity index is 5.66. The second-order valence-corrected chi connectivity index (χ2v) is 25.0. The molecule has 442 valence electrons. The van der Waals surface area contributed by atoms with Crippen molar-refractivity contribution in [3.8, 4) is 0 Å². The number of amides is 2. The van der Waals surface area contributed by atoms with Crippen molar-refractivity contribution in [2.45, 2.75) is 426 Å². The smallest absolute Gasteiger partial charge is 0.224 e. The predicted octanol–water partition coefficient (Wildman–Crippen LogP) is 24.2. The van der Waals surface area contributed by atoms with Gasteiger partial charge in [0.25, 0.3) is 0 Å². The van der Waals surface area contributed by atoms with Gasteiger partial charge in [-0.15, -0.1) is 0 Å². The first kappa shape index (κ1) is 72.9. The van der Waals surface area contributed by atoms with Gasteiger partial charge in [0.05, 0.1) is 10.8 Å². The van der Waals surface area contributed by atoms with Crippen LogP contribution in [0.2, 0.25) is 0 Å². The Hall–Kier alpha value is -1.06. The van der Waals surface area contributed by atoms with Gasteiger partial charge < -0.3 is 11.5 Å². The maximum atomic E-state index is 14.4. The van der Waals surface area contributed by atoms with Gasteiger partial charge in [-0.3, -0.25) is 9.59 Å². The SMILES string of the molecule is CCCCCCCCCCCCCCCCCCC(CCCCCCCCCCCCCCCCCC)(C(N)=O)C(CCCCCCCCCCCCCC)(CCCCCCCCCCCCCCCC)C(N)=O. The van der Waals surface area contributed by atoms with Gasteiger partial charge in [0.15, 0.2) is 0 Å². The van der Waals surface area contributed by atoms with E-state index in [4.69, 9.17) is 11.5 Å². The quantitative estimate of drug-likeness (QED) is 0.0595. The molecule has 0 fully saturated rings. The first-order valence-corrected chi connectivity index (χ1v) is 35.0. The molecule has 0 saturated heterocycles. The summed E-state index contributed by atoms with van der Waals surface area (Å²) < 4.78 is 0. The molecule has 1 unspecified atom stereocenters. The Morgan fingerprint density at radius 3 is 0.378 bits per heavy atom. The van der Waals surface area contributed by atoms with E-state index in [2.05, 4.69) is 27.7 Å². The van der Waals surface area contributed by atoms with Gasteiger partial charge in [-0.25, -0.2) is 0 Å². The highest BCUT2D eigenvalue weighted by atomic mass is 16.2. The number of nitrogens with two attached hydrogens (primary N) is 2. The monoisotopic (exact) mass is 1040 g/mol. The van der Waals surface area contributed by atoms with E-state index < -0.39 is 10.8 Å². The number of hydrogen-bond acceptors (Lipinski definition) is 2. The summed E-state index contributed by atoms with van der Waals surface area (Å²) >= 11 is 0. The zero-order valence-electron chi connectivity index (χ0n) is 51.8. The summed E-state index contributed by atoms with van der Waals surface area (Å²) in [5.41, 5.74) is 11.8. The molecule has 0 heterocycles. The van der Waals surface area contributed by atoms with E-state index in [0.29, 0.717) is 0 Å². The molecule has 0 aliphatic carbocycles. The van der Waals surface area contributed by atoms with Crippen LogP contribution in [0.15, 0.2) is 0 Å². The van der Waals surface area contributed by atoms with E-state index >= 15 is 0 Å². The Kier molecular flexibility index (Phi) is 57.3. The first-order valence-electron chi connectivity index (χ1n) is 35.0. The molecule has 0 aliphatic heterocycles. The van der Waals surface area contributed by atoms with E-state index in [9.17, 15) is 9.59 Å². The van der Waals surface area contributed by atoms with Crippen molar-refractivity contribution in [1.82, 2.24) is 0 Å². The largest absolute Gasteiger partial charge is 0.369 e. The summed E-state index contributed by atoms with van der Waals surface area (Å²) in [5.74, 6) is -0.440. The minimum Gasteiger partial charge on any atom is -0.369 e. The van der Waals surface area contributed by atoms with Crippen LogP contribution in [0.4, 0.5) is 0 Å². The van der Waals surface area contributed by atoms with Crippen LogP contribution in [0.1, 0.15) is 426 Å². The summed E-state index contributed by atoms with van der Waals surface area (Å²) in [4.78, 5) is 28.9. The van der Waals surface area contributed by atoms with E-state index in [1.807, 2.05) is 0 Å². The maximum Gasteiger partial charge on any atom is 0.224 e. The van der Waals surface area contributed by atoms with Crippen LogP contribution in [-0.2, 0) is 9.59 Å². The first-order chi connectivity index (χ1) is 36.4. The lowest BCUT2D eigenvalue weighted by Gasteiger charge is -2.48.